The van der Waals surface area contributed by atoms with E-state index in [4.69, 9.17) is 21.3 Å². The lowest BCUT2D eigenvalue weighted by molar-refractivity contribution is 0.414. The van der Waals surface area contributed by atoms with Crippen molar-refractivity contribution in [1.82, 2.24) is 9.66 Å². The number of methoxy groups -OCH3 is 1. The normalized spacial score (nSPS) is 12.1. The lowest BCUT2D eigenvalue weighted by Gasteiger charge is -2.21. The molecule has 2 aromatic carbocycles. The first kappa shape index (κ1) is 19.6. The topological polar surface area (TPSA) is 56.5 Å². The van der Waals surface area contributed by atoms with Gasteiger partial charge in [-0.05, 0) is 36.4 Å². The van der Waals surface area contributed by atoms with E-state index >= 15 is 0 Å². The third-order valence-electron chi connectivity index (χ3n) is 3.98. The van der Waals surface area contributed by atoms with Crippen LogP contribution in [0.15, 0.2) is 50.8 Å². The third kappa shape index (κ3) is 4.06. The Labute approximate surface area is 170 Å². The number of aromatic nitrogens is 2. The summed E-state index contributed by atoms with van der Waals surface area (Å²) < 4.78 is 7.50. The highest BCUT2D eigenvalue weighted by Crippen LogP contribution is 2.24. The SMILES string of the molecule is COc1ccc(Cl)cc1C=Nn1c(C(C)(C)C)nc2ccc(Br)cc2c1=O. The lowest BCUT2D eigenvalue weighted by atomic mass is 9.95. The van der Waals surface area contributed by atoms with Crippen LogP contribution in [0.2, 0.25) is 5.02 Å². The fraction of sp³-hybridized carbons (Fsp3) is 0.250. The van der Waals surface area contributed by atoms with Gasteiger partial charge in [0, 0.05) is 20.5 Å². The molecule has 0 fully saturated rings. The van der Waals surface area contributed by atoms with Crippen LogP contribution in [-0.4, -0.2) is 23.0 Å². The molecule has 0 aliphatic carbocycles. The third-order valence-corrected chi connectivity index (χ3v) is 4.71. The van der Waals surface area contributed by atoms with Gasteiger partial charge in [-0.1, -0.05) is 48.3 Å². The van der Waals surface area contributed by atoms with Crippen molar-refractivity contribution in [2.45, 2.75) is 26.2 Å². The van der Waals surface area contributed by atoms with E-state index in [1.807, 2.05) is 32.9 Å². The zero-order chi connectivity index (χ0) is 19.8. The Hall–Kier alpha value is -2.18. The van der Waals surface area contributed by atoms with Gasteiger partial charge in [-0.3, -0.25) is 4.79 Å². The summed E-state index contributed by atoms with van der Waals surface area (Å²) in [6, 6.07) is 10.7. The molecule has 0 saturated heterocycles. The number of nitrogens with zero attached hydrogens (tertiary/aromatic N) is 3. The monoisotopic (exact) mass is 447 g/mol. The van der Waals surface area contributed by atoms with Crippen molar-refractivity contribution < 1.29 is 4.74 Å². The predicted octanol–water partition coefficient (Wildman–Crippen LogP) is 5.00. The van der Waals surface area contributed by atoms with Gasteiger partial charge >= 0.3 is 0 Å². The van der Waals surface area contributed by atoms with Gasteiger partial charge in [0.2, 0.25) is 0 Å². The molecule has 0 spiro atoms. The Morgan fingerprint density at radius 2 is 1.96 bits per heavy atom. The Morgan fingerprint density at radius 3 is 2.63 bits per heavy atom. The molecule has 0 unspecified atom stereocenters. The lowest BCUT2D eigenvalue weighted by Crippen LogP contribution is -2.29. The minimum Gasteiger partial charge on any atom is -0.496 e. The maximum Gasteiger partial charge on any atom is 0.282 e. The van der Waals surface area contributed by atoms with Crippen molar-refractivity contribution in [2.24, 2.45) is 5.10 Å². The van der Waals surface area contributed by atoms with E-state index < -0.39 is 0 Å². The predicted molar refractivity (Wildman–Crippen MR) is 113 cm³/mol. The van der Waals surface area contributed by atoms with Crippen LogP contribution in [0.4, 0.5) is 0 Å². The van der Waals surface area contributed by atoms with Crippen molar-refractivity contribution in [3.05, 3.63) is 67.6 Å². The van der Waals surface area contributed by atoms with Gasteiger partial charge in [-0.2, -0.15) is 9.78 Å². The molecule has 0 bridgehead atoms. The van der Waals surface area contributed by atoms with E-state index in [-0.39, 0.29) is 11.0 Å². The first-order valence-electron chi connectivity index (χ1n) is 8.31. The van der Waals surface area contributed by atoms with E-state index in [2.05, 4.69) is 21.0 Å². The minimum atomic E-state index is -0.379. The molecular weight excluding hydrogens is 430 g/mol. The van der Waals surface area contributed by atoms with Crippen molar-refractivity contribution in [3.63, 3.8) is 0 Å². The van der Waals surface area contributed by atoms with Crippen LogP contribution in [0, 0.1) is 0 Å². The molecule has 3 rings (SSSR count). The minimum absolute atomic E-state index is 0.233. The summed E-state index contributed by atoms with van der Waals surface area (Å²) in [6.07, 6.45) is 1.56. The molecule has 0 amide bonds. The quantitative estimate of drug-likeness (QED) is 0.530. The van der Waals surface area contributed by atoms with E-state index in [9.17, 15) is 4.79 Å². The van der Waals surface area contributed by atoms with Crippen LogP contribution in [0.5, 0.6) is 5.75 Å². The molecule has 5 nitrogen and oxygen atoms in total. The Balaban J connectivity index is 2.25. The number of hydrogen-bond donors (Lipinski definition) is 0. The molecule has 0 N–H and O–H groups in total. The number of ether oxygens (including phenoxy) is 1. The number of rotatable bonds is 3. The highest BCUT2D eigenvalue weighted by atomic mass is 79.9. The van der Waals surface area contributed by atoms with E-state index in [0.29, 0.717) is 33.1 Å². The fourth-order valence-corrected chi connectivity index (χ4v) is 3.21. The second-order valence-electron chi connectivity index (χ2n) is 7.09. The number of hydrogen-bond acceptors (Lipinski definition) is 4. The zero-order valence-electron chi connectivity index (χ0n) is 15.5. The van der Waals surface area contributed by atoms with Gasteiger partial charge in [-0.15, -0.1) is 0 Å². The molecule has 0 aliphatic rings. The van der Waals surface area contributed by atoms with Crippen molar-refractivity contribution in [3.8, 4) is 5.75 Å². The Bertz CT molecular complexity index is 1100. The van der Waals surface area contributed by atoms with Gasteiger partial charge in [0.25, 0.3) is 5.56 Å². The average Bonchev–Trinajstić information content (AvgIpc) is 2.60. The summed E-state index contributed by atoms with van der Waals surface area (Å²) in [6.45, 7) is 5.97. The second-order valence-corrected chi connectivity index (χ2v) is 8.45. The summed E-state index contributed by atoms with van der Waals surface area (Å²) in [7, 11) is 1.57. The smallest absolute Gasteiger partial charge is 0.282 e. The molecular formula is C20H19BrClN3O2. The maximum absolute atomic E-state index is 13.1. The summed E-state index contributed by atoms with van der Waals surface area (Å²) >= 11 is 9.49. The van der Waals surface area contributed by atoms with Gasteiger partial charge in [-0.25, -0.2) is 4.98 Å². The maximum atomic E-state index is 13.1. The van der Waals surface area contributed by atoms with Crippen LogP contribution in [0.3, 0.4) is 0 Å². The highest BCUT2D eigenvalue weighted by molar-refractivity contribution is 9.10. The molecule has 140 valence electrons. The molecule has 0 aliphatic heterocycles. The van der Waals surface area contributed by atoms with E-state index in [1.54, 1.807) is 37.6 Å². The first-order chi connectivity index (χ1) is 12.7. The Morgan fingerprint density at radius 1 is 1.22 bits per heavy atom. The summed E-state index contributed by atoms with van der Waals surface area (Å²) in [5.41, 5.74) is 0.699. The molecule has 7 heteroatoms. The van der Waals surface area contributed by atoms with Crippen molar-refractivity contribution >= 4 is 44.6 Å². The zero-order valence-corrected chi connectivity index (χ0v) is 17.8. The fourth-order valence-electron chi connectivity index (χ4n) is 2.67. The molecule has 1 aromatic heterocycles. The summed E-state index contributed by atoms with van der Waals surface area (Å²) in [5, 5.41) is 5.48. The number of fused-ring (bicyclic) bond motifs is 1. The van der Waals surface area contributed by atoms with Crippen LogP contribution < -0.4 is 10.3 Å². The summed E-state index contributed by atoms with van der Waals surface area (Å²) in [4.78, 5) is 17.8. The van der Waals surface area contributed by atoms with Gasteiger partial charge in [0.15, 0.2) is 0 Å². The highest BCUT2D eigenvalue weighted by Gasteiger charge is 2.23. The molecule has 0 atom stereocenters. The molecule has 27 heavy (non-hydrogen) atoms. The standard InChI is InChI=1S/C20H19BrClN3O2/c1-20(2,3)19-24-16-7-5-13(21)10-15(16)18(26)25(19)23-11-12-9-14(22)6-8-17(12)27-4/h5-11H,1-4H3. The molecule has 0 saturated carbocycles. The van der Waals surface area contributed by atoms with Gasteiger partial charge in [0.05, 0.1) is 24.2 Å². The van der Waals surface area contributed by atoms with Crippen LogP contribution >= 0.6 is 27.5 Å². The molecule has 3 aromatic rings. The molecule has 0 radical (unpaired) electrons. The van der Waals surface area contributed by atoms with E-state index in [1.165, 1.54) is 4.68 Å². The van der Waals surface area contributed by atoms with Gasteiger partial charge < -0.3 is 4.74 Å². The Kier molecular flexibility index (Phi) is 5.40. The van der Waals surface area contributed by atoms with Crippen LogP contribution in [0.1, 0.15) is 32.2 Å². The number of halogens is 2. The first-order valence-corrected chi connectivity index (χ1v) is 9.48. The molecule has 1 heterocycles. The summed E-state index contributed by atoms with van der Waals surface area (Å²) in [5.74, 6) is 1.18. The second kappa shape index (κ2) is 7.44. The average molecular weight is 449 g/mol. The largest absolute Gasteiger partial charge is 0.496 e. The van der Waals surface area contributed by atoms with Gasteiger partial charge in [0.1, 0.15) is 11.6 Å². The van der Waals surface area contributed by atoms with Crippen molar-refractivity contribution in [2.75, 3.05) is 7.11 Å². The van der Waals surface area contributed by atoms with Crippen molar-refractivity contribution in [1.29, 1.82) is 0 Å². The van der Waals surface area contributed by atoms with Crippen LogP contribution in [0.25, 0.3) is 10.9 Å². The van der Waals surface area contributed by atoms with Crippen LogP contribution in [-0.2, 0) is 5.41 Å². The van der Waals surface area contributed by atoms with E-state index in [0.717, 1.165) is 4.47 Å². The number of benzene rings is 2.